The number of hydrogen-bond acceptors (Lipinski definition) is 8. The van der Waals surface area contributed by atoms with Gasteiger partial charge in [0.15, 0.2) is 0 Å². The molecule has 2 saturated heterocycles. The van der Waals surface area contributed by atoms with Crippen LogP contribution in [0.15, 0.2) is 54.7 Å². The first-order chi connectivity index (χ1) is 20.4. The Balaban J connectivity index is 1.07. The standard InChI is InChI=1S/C31H32Cl2N4O5/c1-39-31(38)20-2-4-27-28(14-20)37(17-25-9-13-40-25)30(35-27)18-36-11-7-23(8-12-36)42-24-6-10-34-22(16-24)19-41-29-5-3-21(32)15-26(29)33/h2-6,10,14-16,23,25H,7-9,11-13,17-19H2,1H3/t25-/m0/s1. The van der Waals surface area contributed by atoms with E-state index in [4.69, 9.17) is 47.1 Å². The van der Waals surface area contributed by atoms with Gasteiger partial charge in [0.2, 0.25) is 0 Å². The van der Waals surface area contributed by atoms with Crippen molar-refractivity contribution in [2.45, 2.75) is 51.2 Å². The van der Waals surface area contributed by atoms with Gasteiger partial charge in [-0.2, -0.15) is 0 Å². The van der Waals surface area contributed by atoms with Crippen molar-refractivity contribution in [2.24, 2.45) is 0 Å². The summed E-state index contributed by atoms with van der Waals surface area (Å²) in [6.45, 7) is 4.26. The van der Waals surface area contributed by atoms with Crippen LogP contribution in [0, 0.1) is 0 Å². The molecule has 2 aliphatic heterocycles. The van der Waals surface area contributed by atoms with Gasteiger partial charge >= 0.3 is 5.97 Å². The Bertz CT molecular complexity index is 1570. The lowest BCUT2D eigenvalue weighted by Crippen LogP contribution is -2.39. The molecule has 4 aromatic rings. The Hall–Kier alpha value is -3.37. The topological polar surface area (TPSA) is 87.9 Å². The van der Waals surface area contributed by atoms with Crippen LogP contribution in [0.3, 0.4) is 0 Å². The number of pyridine rings is 1. The average Bonchev–Trinajstić information content (AvgIpc) is 3.31. The third kappa shape index (κ3) is 6.65. The summed E-state index contributed by atoms with van der Waals surface area (Å²) in [5.74, 6) is 1.95. The number of methoxy groups -OCH3 is 1. The number of ether oxygens (including phenoxy) is 4. The van der Waals surface area contributed by atoms with Gasteiger partial charge in [0, 0.05) is 37.0 Å². The number of nitrogens with zero attached hydrogens (tertiary/aromatic N) is 4. The molecular formula is C31H32Cl2N4O5. The minimum absolute atomic E-state index is 0.105. The number of imidazole rings is 1. The number of esters is 1. The molecule has 2 fully saturated rings. The van der Waals surface area contributed by atoms with Crippen LogP contribution >= 0.6 is 23.2 Å². The van der Waals surface area contributed by atoms with Crippen LogP contribution in [0.4, 0.5) is 0 Å². The van der Waals surface area contributed by atoms with Gasteiger partial charge in [-0.3, -0.25) is 9.88 Å². The molecule has 220 valence electrons. The van der Waals surface area contributed by atoms with Gasteiger partial charge in [0.05, 0.1) is 53.6 Å². The van der Waals surface area contributed by atoms with Gasteiger partial charge in [0.1, 0.15) is 30.0 Å². The zero-order chi connectivity index (χ0) is 29.1. The van der Waals surface area contributed by atoms with Gasteiger partial charge in [-0.05, 0) is 61.7 Å². The monoisotopic (exact) mass is 610 g/mol. The maximum atomic E-state index is 12.2. The first-order valence-electron chi connectivity index (χ1n) is 14.1. The van der Waals surface area contributed by atoms with Crippen molar-refractivity contribution in [2.75, 3.05) is 26.8 Å². The highest BCUT2D eigenvalue weighted by atomic mass is 35.5. The van der Waals surface area contributed by atoms with E-state index in [0.717, 1.165) is 67.3 Å². The molecular weight excluding hydrogens is 579 g/mol. The molecule has 0 bridgehead atoms. The number of benzene rings is 2. The Labute approximate surface area is 254 Å². The molecule has 0 radical (unpaired) electrons. The van der Waals surface area contributed by atoms with E-state index in [9.17, 15) is 4.79 Å². The molecule has 6 rings (SSSR count). The molecule has 0 spiro atoms. The number of likely N-dealkylation sites (tertiary alicyclic amines) is 1. The molecule has 0 amide bonds. The molecule has 2 aromatic carbocycles. The van der Waals surface area contributed by atoms with E-state index in [-0.39, 0.29) is 24.8 Å². The predicted octanol–water partition coefficient (Wildman–Crippen LogP) is 5.94. The number of fused-ring (bicyclic) bond motifs is 1. The van der Waals surface area contributed by atoms with Gasteiger partial charge in [-0.15, -0.1) is 0 Å². The fourth-order valence-electron chi connectivity index (χ4n) is 5.30. The second kappa shape index (κ2) is 12.9. The highest BCUT2D eigenvalue weighted by Crippen LogP contribution is 2.29. The summed E-state index contributed by atoms with van der Waals surface area (Å²) >= 11 is 12.2. The summed E-state index contributed by atoms with van der Waals surface area (Å²) in [5.41, 5.74) is 3.06. The highest BCUT2D eigenvalue weighted by molar-refractivity contribution is 6.35. The van der Waals surface area contributed by atoms with E-state index in [1.807, 2.05) is 24.3 Å². The number of carbonyl (C=O) groups is 1. The molecule has 1 atom stereocenters. The largest absolute Gasteiger partial charge is 0.490 e. The zero-order valence-electron chi connectivity index (χ0n) is 23.3. The third-order valence-electron chi connectivity index (χ3n) is 7.69. The van der Waals surface area contributed by atoms with E-state index in [1.165, 1.54) is 7.11 Å². The lowest BCUT2D eigenvalue weighted by molar-refractivity contribution is -0.0592. The summed E-state index contributed by atoms with van der Waals surface area (Å²) in [6, 6.07) is 14.4. The maximum absolute atomic E-state index is 12.2. The molecule has 9 nitrogen and oxygen atoms in total. The Kier molecular flexibility index (Phi) is 8.81. The van der Waals surface area contributed by atoms with Crippen molar-refractivity contribution in [3.8, 4) is 11.5 Å². The number of halogens is 2. The summed E-state index contributed by atoms with van der Waals surface area (Å²) in [7, 11) is 1.39. The van der Waals surface area contributed by atoms with Gasteiger partial charge in [-0.1, -0.05) is 23.2 Å². The maximum Gasteiger partial charge on any atom is 0.337 e. The Morgan fingerprint density at radius 3 is 2.64 bits per heavy atom. The van der Waals surface area contributed by atoms with Crippen LogP contribution in [0.1, 0.15) is 41.1 Å². The van der Waals surface area contributed by atoms with E-state index in [1.54, 1.807) is 30.5 Å². The minimum Gasteiger partial charge on any atom is -0.490 e. The number of aromatic nitrogens is 3. The average molecular weight is 612 g/mol. The highest BCUT2D eigenvalue weighted by Gasteiger charge is 2.26. The van der Waals surface area contributed by atoms with Crippen LogP contribution in [0.2, 0.25) is 10.0 Å². The molecule has 2 aliphatic rings. The quantitative estimate of drug-likeness (QED) is 0.204. The van der Waals surface area contributed by atoms with Crippen molar-refractivity contribution < 1.29 is 23.7 Å². The van der Waals surface area contributed by atoms with E-state index in [0.29, 0.717) is 34.4 Å². The summed E-state index contributed by atoms with van der Waals surface area (Å²) in [4.78, 5) is 23.9. The predicted molar refractivity (Wildman–Crippen MR) is 159 cm³/mol. The van der Waals surface area contributed by atoms with Gasteiger partial charge < -0.3 is 23.5 Å². The van der Waals surface area contributed by atoms with Crippen LogP contribution < -0.4 is 9.47 Å². The second-order valence-electron chi connectivity index (χ2n) is 10.6. The number of hydrogen-bond donors (Lipinski definition) is 0. The van der Waals surface area contributed by atoms with Crippen LogP contribution in [0.5, 0.6) is 11.5 Å². The van der Waals surface area contributed by atoms with Crippen molar-refractivity contribution in [3.05, 3.63) is 81.9 Å². The van der Waals surface area contributed by atoms with Crippen LogP contribution in [0.25, 0.3) is 11.0 Å². The third-order valence-corrected chi connectivity index (χ3v) is 8.22. The van der Waals surface area contributed by atoms with E-state index < -0.39 is 0 Å². The lowest BCUT2D eigenvalue weighted by Gasteiger charge is -2.32. The molecule has 0 saturated carbocycles. The fraction of sp³-hybridized carbons (Fsp3) is 0.387. The van der Waals surface area contributed by atoms with E-state index in [2.05, 4.69) is 14.5 Å². The van der Waals surface area contributed by atoms with Crippen molar-refractivity contribution in [1.82, 2.24) is 19.4 Å². The first kappa shape index (κ1) is 28.7. The van der Waals surface area contributed by atoms with Gasteiger partial charge in [-0.25, -0.2) is 9.78 Å². The molecule has 42 heavy (non-hydrogen) atoms. The zero-order valence-corrected chi connectivity index (χ0v) is 24.8. The summed E-state index contributed by atoms with van der Waals surface area (Å²) < 4.78 is 25.0. The van der Waals surface area contributed by atoms with Gasteiger partial charge in [0.25, 0.3) is 0 Å². The number of rotatable bonds is 10. The normalized spacial score (nSPS) is 17.6. The molecule has 4 heterocycles. The SMILES string of the molecule is COC(=O)c1ccc2nc(CN3CCC(Oc4ccnc(COc5ccc(Cl)cc5Cl)c4)CC3)n(C[C@@H]3CCO3)c2c1. The molecule has 0 unspecified atom stereocenters. The molecule has 11 heteroatoms. The molecule has 0 aliphatic carbocycles. The van der Waals surface area contributed by atoms with Crippen LogP contribution in [-0.4, -0.2) is 64.4 Å². The number of carbonyl (C=O) groups excluding carboxylic acids is 1. The van der Waals surface area contributed by atoms with Crippen molar-refractivity contribution in [1.29, 1.82) is 0 Å². The van der Waals surface area contributed by atoms with Crippen LogP contribution in [-0.2, 0) is 29.2 Å². The van der Waals surface area contributed by atoms with E-state index >= 15 is 0 Å². The Morgan fingerprint density at radius 2 is 1.90 bits per heavy atom. The summed E-state index contributed by atoms with van der Waals surface area (Å²) in [6.07, 6.45) is 4.82. The minimum atomic E-state index is -0.354. The van der Waals surface area contributed by atoms with Crippen molar-refractivity contribution in [3.63, 3.8) is 0 Å². The smallest absolute Gasteiger partial charge is 0.337 e. The molecule has 0 N–H and O–H groups in total. The molecule has 2 aromatic heterocycles. The lowest BCUT2D eigenvalue weighted by atomic mass is 10.1. The summed E-state index contributed by atoms with van der Waals surface area (Å²) in [5, 5.41) is 1.02. The fourth-order valence-corrected chi connectivity index (χ4v) is 5.77. The second-order valence-corrected chi connectivity index (χ2v) is 11.4. The van der Waals surface area contributed by atoms with Crippen molar-refractivity contribution >= 4 is 40.2 Å². The Morgan fingerprint density at radius 1 is 1.07 bits per heavy atom. The number of piperidine rings is 1. The first-order valence-corrected chi connectivity index (χ1v) is 14.8.